The zero-order valence-electron chi connectivity index (χ0n) is 12.4. The predicted molar refractivity (Wildman–Crippen MR) is 78.7 cm³/mol. The van der Waals surface area contributed by atoms with Gasteiger partial charge in [0.15, 0.2) is 0 Å². The first kappa shape index (κ1) is 17.0. The largest absolute Gasteiger partial charge is 0.467 e. The molecule has 1 amide bonds. The maximum Gasteiger partial charge on any atom is 0.408 e. The Labute approximate surface area is 124 Å². The second-order valence-electron chi connectivity index (χ2n) is 4.53. The van der Waals surface area contributed by atoms with E-state index in [0.29, 0.717) is 6.42 Å². The Morgan fingerprint density at radius 2 is 1.95 bits per heavy atom. The standard InChI is InChI=1S/C15H22N2O4/c1-16-10-6-9-13(14(18)20-2)17-15(19)21-11-12-7-4-3-5-8-12/h3-5,7-8,13,16H,6,9-11H2,1-2H3,(H,17,19). The van der Waals surface area contributed by atoms with E-state index in [9.17, 15) is 9.59 Å². The van der Waals surface area contributed by atoms with Crippen LogP contribution in [0.1, 0.15) is 18.4 Å². The molecule has 1 aromatic carbocycles. The molecule has 0 aliphatic carbocycles. The van der Waals surface area contributed by atoms with Gasteiger partial charge in [0.2, 0.25) is 0 Å². The molecule has 0 fully saturated rings. The number of esters is 1. The second-order valence-corrected chi connectivity index (χ2v) is 4.53. The van der Waals surface area contributed by atoms with Crippen LogP contribution < -0.4 is 10.6 Å². The molecule has 1 aromatic rings. The lowest BCUT2D eigenvalue weighted by Crippen LogP contribution is -2.42. The Morgan fingerprint density at radius 1 is 1.24 bits per heavy atom. The van der Waals surface area contributed by atoms with Gasteiger partial charge in [-0.3, -0.25) is 0 Å². The third kappa shape index (κ3) is 6.76. The van der Waals surface area contributed by atoms with Gasteiger partial charge in [0.25, 0.3) is 0 Å². The highest BCUT2D eigenvalue weighted by atomic mass is 16.6. The number of hydrogen-bond donors (Lipinski definition) is 2. The quantitative estimate of drug-likeness (QED) is 0.560. The smallest absolute Gasteiger partial charge is 0.408 e. The second kappa shape index (κ2) is 9.77. The molecule has 1 unspecified atom stereocenters. The van der Waals surface area contributed by atoms with E-state index in [4.69, 9.17) is 4.74 Å². The molecular formula is C15H22N2O4. The van der Waals surface area contributed by atoms with E-state index in [2.05, 4.69) is 15.4 Å². The molecule has 0 aliphatic heterocycles. The normalized spacial score (nSPS) is 11.5. The molecule has 6 heteroatoms. The fourth-order valence-corrected chi connectivity index (χ4v) is 1.78. The van der Waals surface area contributed by atoms with E-state index < -0.39 is 18.1 Å². The van der Waals surface area contributed by atoms with Crippen molar-refractivity contribution in [2.45, 2.75) is 25.5 Å². The van der Waals surface area contributed by atoms with Crippen LogP contribution in [0.3, 0.4) is 0 Å². The summed E-state index contributed by atoms with van der Waals surface area (Å²) in [5.41, 5.74) is 0.887. The van der Waals surface area contributed by atoms with Crippen LogP contribution in [0.25, 0.3) is 0 Å². The van der Waals surface area contributed by atoms with Crippen LogP contribution >= 0.6 is 0 Å². The molecule has 1 rings (SSSR count). The molecule has 0 aromatic heterocycles. The topological polar surface area (TPSA) is 76.7 Å². The highest BCUT2D eigenvalue weighted by molar-refractivity contribution is 5.81. The zero-order valence-corrected chi connectivity index (χ0v) is 12.4. The summed E-state index contributed by atoms with van der Waals surface area (Å²) in [6, 6.07) is 8.65. The van der Waals surface area contributed by atoms with Crippen molar-refractivity contribution in [1.82, 2.24) is 10.6 Å². The van der Waals surface area contributed by atoms with Crippen LogP contribution in [0.5, 0.6) is 0 Å². The van der Waals surface area contributed by atoms with Gasteiger partial charge in [0.05, 0.1) is 7.11 Å². The summed E-state index contributed by atoms with van der Waals surface area (Å²) in [6.07, 6.45) is 0.613. The molecule has 0 aliphatic rings. The predicted octanol–water partition coefficient (Wildman–Crippen LogP) is 1.45. The Morgan fingerprint density at radius 3 is 2.57 bits per heavy atom. The van der Waals surface area contributed by atoms with Crippen molar-refractivity contribution >= 4 is 12.1 Å². The molecule has 0 heterocycles. The SMILES string of the molecule is CNCCCC(NC(=O)OCc1ccccc1)C(=O)OC. The molecule has 21 heavy (non-hydrogen) atoms. The number of hydrogen-bond acceptors (Lipinski definition) is 5. The fourth-order valence-electron chi connectivity index (χ4n) is 1.78. The fraction of sp³-hybridized carbons (Fsp3) is 0.467. The van der Waals surface area contributed by atoms with Gasteiger partial charge in [-0.15, -0.1) is 0 Å². The lowest BCUT2D eigenvalue weighted by molar-refractivity contribution is -0.143. The molecule has 0 bridgehead atoms. The van der Waals surface area contributed by atoms with Crippen molar-refractivity contribution in [3.63, 3.8) is 0 Å². The van der Waals surface area contributed by atoms with Gasteiger partial charge in [-0.1, -0.05) is 30.3 Å². The lowest BCUT2D eigenvalue weighted by Gasteiger charge is -2.16. The third-order valence-electron chi connectivity index (χ3n) is 2.91. The Bertz CT molecular complexity index is 437. The minimum Gasteiger partial charge on any atom is -0.467 e. The highest BCUT2D eigenvalue weighted by Crippen LogP contribution is 2.03. The number of rotatable bonds is 8. The van der Waals surface area contributed by atoms with Crippen LogP contribution in [-0.2, 0) is 20.9 Å². The van der Waals surface area contributed by atoms with Crippen LogP contribution in [0.4, 0.5) is 4.79 Å². The number of nitrogens with one attached hydrogen (secondary N) is 2. The van der Waals surface area contributed by atoms with Gasteiger partial charge in [-0.05, 0) is 32.0 Å². The summed E-state index contributed by atoms with van der Waals surface area (Å²) in [6.45, 7) is 0.922. The first-order valence-electron chi connectivity index (χ1n) is 6.87. The van der Waals surface area contributed by atoms with Crippen molar-refractivity contribution in [3.05, 3.63) is 35.9 Å². The summed E-state index contributed by atoms with van der Waals surface area (Å²) >= 11 is 0. The average molecular weight is 294 g/mol. The molecule has 1 atom stereocenters. The van der Waals surface area contributed by atoms with Gasteiger partial charge in [0.1, 0.15) is 12.6 Å². The van der Waals surface area contributed by atoms with E-state index in [1.807, 2.05) is 37.4 Å². The Balaban J connectivity index is 2.41. The van der Waals surface area contributed by atoms with Crippen molar-refractivity contribution in [2.75, 3.05) is 20.7 Å². The number of carbonyl (C=O) groups is 2. The number of carbonyl (C=O) groups excluding carboxylic acids is 2. The minimum absolute atomic E-state index is 0.164. The maximum atomic E-state index is 11.7. The van der Waals surface area contributed by atoms with Crippen molar-refractivity contribution < 1.29 is 19.1 Å². The van der Waals surface area contributed by atoms with Gasteiger partial charge in [-0.2, -0.15) is 0 Å². The molecule has 2 N–H and O–H groups in total. The van der Waals surface area contributed by atoms with Gasteiger partial charge < -0.3 is 20.1 Å². The number of alkyl carbamates (subject to hydrolysis) is 1. The van der Waals surface area contributed by atoms with Crippen molar-refractivity contribution in [1.29, 1.82) is 0 Å². The number of benzene rings is 1. The third-order valence-corrected chi connectivity index (χ3v) is 2.91. The Kier molecular flexibility index (Phi) is 7.89. The molecule has 116 valence electrons. The molecule has 0 spiro atoms. The molecule has 0 saturated carbocycles. The molecular weight excluding hydrogens is 272 g/mol. The van der Waals surface area contributed by atoms with E-state index in [1.54, 1.807) is 0 Å². The number of methoxy groups -OCH3 is 1. The van der Waals surface area contributed by atoms with Gasteiger partial charge >= 0.3 is 12.1 Å². The van der Waals surface area contributed by atoms with E-state index in [1.165, 1.54) is 7.11 Å². The Hall–Kier alpha value is -2.08. The van der Waals surface area contributed by atoms with Crippen molar-refractivity contribution in [2.24, 2.45) is 0 Å². The van der Waals surface area contributed by atoms with E-state index in [0.717, 1.165) is 18.5 Å². The van der Waals surface area contributed by atoms with Gasteiger partial charge in [-0.25, -0.2) is 9.59 Å². The molecule has 0 saturated heterocycles. The van der Waals surface area contributed by atoms with Gasteiger partial charge in [0, 0.05) is 0 Å². The zero-order chi connectivity index (χ0) is 15.5. The molecule has 0 radical (unpaired) electrons. The highest BCUT2D eigenvalue weighted by Gasteiger charge is 2.21. The van der Waals surface area contributed by atoms with E-state index in [-0.39, 0.29) is 6.61 Å². The number of ether oxygens (including phenoxy) is 2. The summed E-state index contributed by atoms with van der Waals surface area (Å²) in [4.78, 5) is 23.3. The average Bonchev–Trinajstić information content (AvgIpc) is 2.52. The van der Waals surface area contributed by atoms with Crippen LogP contribution in [0, 0.1) is 0 Å². The minimum atomic E-state index is -0.688. The summed E-state index contributed by atoms with van der Waals surface area (Å²) in [5.74, 6) is -0.470. The number of amides is 1. The monoisotopic (exact) mass is 294 g/mol. The van der Waals surface area contributed by atoms with Crippen molar-refractivity contribution in [3.8, 4) is 0 Å². The first-order valence-corrected chi connectivity index (χ1v) is 6.87. The lowest BCUT2D eigenvalue weighted by atomic mass is 10.1. The molecule has 6 nitrogen and oxygen atoms in total. The maximum absolute atomic E-state index is 11.7. The first-order chi connectivity index (χ1) is 10.2. The van der Waals surface area contributed by atoms with E-state index >= 15 is 0 Å². The summed E-state index contributed by atoms with van der Waals surface area (Å²) in [5, 5.41) is 5.52. The van der Waals surface area contributed by atoms with Crippen LogP contribution in [-0.4, -0.2) is 38.8 Å². The van der Waals surface area contributed by atoms with Crippen LogP contribution in [0.2, 0.25) is 0 Å². The van der Waals surface area contributed by atoms with Crippen LogP contribution in [0.15, 0.2) is 30.3 Å². The summed E-state index contributed by atoms with van der Waals surface area (Å²) < 4.78 is 9.76. The summed E-state index contributed by atoms with van der Waals surface area (Å²) in [7, 11) is 3.12.